The Morgan fingerprint density at radius 3 is 2.37 bits per heavy atom. The van der Waals surface area contributed by atoms with E-state index in [9.17, 15) is 0 Å². The maximum atomic E-state index is 4.16. The Balaban J connectivity index is 2.15. The van der Waals surface area contributed by atoms with Crippen LogP contribution in [0, 0.1) is 0 Å². The Morgan fingerprint density at radius 1 is 1.05 bits per heavy atom. The van der Waals surface area contributed by atoms with Gasteiger partial charge < -0.3 is 0 Å². The van der Waals surface area contributed by atoms with Crippen LogP contribution in [0.15, 0.2) is 30.3 Å². The highest BCUT2D eigenvalue weighted by Crippen LogP contribution is 2.09. The molecule has 5 nitrogen and oxygen atoms in total. The molecule has 0 N–H and O–H groups in total. The van der Waals surface area contributed by atoms with Crippen molar-refractivity contribution < 1.29 is 0 Å². The van der Waals surface area contributed by atoms with E-state index in [1.807, 2.05) is 35.0 Å². The largest absolute Gasteiger partial charge is 0.296 e. The smallest absolute Gasteiger partial charge is 0.170 e. The van der Waals surface area contributed by atoms with Gasteiger partial charge in [0.05, 0.1) is 12.2 Å². The highest BCUT2D eigenvalue weighted by Gasteiger charge is 2.12. The quantitative estimate of drug-likeness (QED) is 0.765. The van der Waals surface area contributed by atoms with Crippen molar-refractivity contribution in [3.8, 4) is 5.69 Å². The molecule has 0 atom stereocenters. The van der Waals surface area contributed by atoms with Gasteiger partial charge in [0, 0.05) is 0 Å². The summed E-state index contributed by atoms with van der Waals surface area (Å²) in [7, 11) is 0. The van der Waals surface area contributed by atoms with Gasteiger partial charge in [-0.3, -0.25) is 4.90 Å². The summed E-state index contributed by atoms with van der Waals surface area (Å²) in [4.78, 5) is 2.39. The van der Waals surface area contributed by atoms with E-state index in [1.165, 1.54) is 0 Å². The molecule has 0 fully saturated rings. The maximum absolute atomic E-state index is 4.16. The van der Waals surface area contributed by atoms with Gasteiger partial charge in [-0.25, -0.2) is 0 Å². The molecule has 0 aliphatic carbocycles. The number of hydrogen-bond donors (Lipinski definition) is 0. The normalized spacial score (nSPS) is 11.1. The van der Waals surface area contributed by atoms with Gasteiger partial charge in [-0.05, 0) is 48.5 Å². The van der Waals surface area contributed by atoms with Crippen molar-refractivity contribution in [2.24, 2.45) is 0 Å². The van der Waals surface area contributed by atoms with Crippen LogP contribution in [0.5, 0.6) is 0 Å². The van der Waals surface area contributed by atoms with E-state index in [0.29, 0.717) is 0 Å². The van der Waals surface area contributed by atoms with Crippen molar-refractivity contribution in [1.29, 1.82) is 0 Å². The van der Waals surface area contributed by atoms with Crippen LogP contribution in [-0.4, -0.2) is 38.2 Å². The van der Waals surface area contributed by atoms with Gasteiger partial charge in [0.15, 0.2) is 5.82 Å². The fourth-order valence-electron chi connectivity index (χ4n) is 2.18. The number of aromatic nitrogens is 4. The highest BCUT2D eigenvalue weighted by atomic mass is 15.5. The molecule has 0 bridgehead atoms. The summed E-state index contributed by atoms with van der Waals surface area (Å²) in [6, 6.07) is 10.0. The predicted octanol–water partition coefficient (Wildman–Crippen LogP) is 2.28. The summed E-state index contributed by atoms with van der Waals surface area (Å²) in [5, 5.41) is 12.1. The first kappa shape index (κ1) is 13.7. The molecule has 1 heterocycles. The lowest BCUT2D eigenvalue weighted by Gasteiger charge is -2.19. The number of benzene rings is 1. The molecule has 0 unspecified atom stereocenters. The summed E-state index contributed by atoms with van der Waals surface area (Å²) in [6.45, 7) is 7.35. The first-order chi connectivity index (χ1) is 9.35. The fourth-order valence-corrected chi connectivity index (χ4v) is 2.18. The van der Waals surface area contributed by atoms with Crippen molar-refractivity contribution in [2.45, 2.75) is 33.2 Å². The van der Waals surface area contributed by atoms with Crippen LogP contribution in [-0.2, 0) is 6.54 Å². The zero-order chi connectivity index (χ0) is 13.5. The van der Waals surface area contributed by atoms with Crippen LogP contribution in [0.25, 0.3) is 5.69 Å². The molecule has 0 spiro atoms. The standard InChI is InChI=1S/C14H21N5/c1-3-10-18(11-4-2)12-14-15-16-17-19(14)13-8-6-5-7-9-13/h5-9H,3-4,10-12H2,1-2H3. The molecule has 2 aromatic rings. The van der Waals surface area contributed by atoms with E-state index < -0.39 is 0 Å². The molecule has 0 aliphatic heterocycles. The van der Waals surface area contributed by atoms with E-state index >= 15 is 0 Å². The molecular weight excluding hydrogens is 238 g/mol. The third kappa shape index (κ3) is 3.61. The zero-order valence-corrected chi connectivity index (χ0v) is 11.7. The van der Waals surface area contributed by atoms with Crippen molar-refractivity contribution in [3.63, 3.8) is 0 Å². The number of hydrogen-bond acceptors (Lipinski definition) is 4. The Kier molecular flexibility index (Phi) is 5.03. The van der Waals surface area contributed by atoms with Gasteiger partial charge in [0.2, 0.25) is 0 Å². The monoisotopic (exact) mass is 259 g/mol. The van der Waals surface area contributed by atoms with Crippen LogP contribution < -0.4 is 0 Å². The summed E-state index contributed by atoms with van der Waals surface area (Å²) < 4.78 is 1.82. The second kappa shape index (κ2) is 6.99. The van der Waals surface area contributed by atoms with Crippen molar-refractivity contribution in [3.05, 3.63) is 36.2 Å². The SMILES string of the molecule is CCCN(CCC)Cc1nnnn1-c1ccccc1. The summed E-state index contributed by atoms with van der Waals surface area (Å²) in [5.41, 5.74) is 1.01. The molecule has 2 rings (SSSR count). The molecule has 1 aromatic heterocycles. The highest BCUT2D eigenvalue weighted by molar-refractivity contribution is 5.30. The lowest BCUT2D eigenvalue weighted by molar-refractivity contribution is 0.258. The Hall–Kier alpha value is -1.75. The summed E-state index contributed by atoms with van der Waals surface area (Å²) in [5.74, 6) is 0.896. The van der Waals surface area contributed by atoms with Gasteiger partial charge in [-0.2, -0.15) is 4.68 Å². The van der Waals surface area contributed by atoms with Crippen molar-refractivity contribution in [2.75, 3.05) is 13.1 Å². The molecule has 0 aliphatic rings. The fraction of sp³-hybridized carbons (Fsp3) is 0.500. The molecule has 1 aromatic carbocycles. The summed E-state index contributed by atoms with van der Waals surface area (Å²) in [6.07, 6.45) is 2.29. The van der Waals surface area contributed by atoms with E-state index in [-0.39, 0.29) is 0 Å². The average molecular weight is 259 g/mol. The number of rotatable bonds is 7. The van der Waals surface area contributed by atoms with E-state index in [1.54, 1.807) is 0 Å². The number of tetrazole rings is 1. The minimum absolute atomic E-state index is 0.795. The van der Waals surface area contributed by atoms with Gasteiger partial charge in [-0.15, -0.1) is 5.10 Å². The van der Waals surface area contributed by atoms with Gasteiger partial charge in [0.1, 0.15) is 0 Å². The van der Waals surface area contributed by atoms with E-state index in [2.05, 4.69) is 34.3 Å². The van der Waals surface area contributed by atoms with Crippen LogP contribution in [0.2, 0.25) is 0 Å². The second-order valence-corrected chi connectivity index (χ2v) is 4.62. The number of para-hydroxylation sites is 1. The molecule has 0 amide bonds. The Morgan fingerprint density at radius 2 is 1.74 bits per heavy atom. The molecule has 0 radical (unpaired) electrons. The minimum atomic E-state index is 0.795. The van der Waals surface area contributed by atoms with Crippen LogP contribution in [0.1, 0.15) is 32.5 Å². The van der Waals surface area contributed by atoms with Crippen LogP contribution in [0.4, 0.5) is 0 Å². The summed E-state index contributed by atoms with van der Waals surface area (Å²) >= 11 is 0. The van der Waals surface area contributed by atoms with Crippen molar-refractivity contribution >= 4 is 0 Å². The van der Waals surface area contributed by atoms with Crippen LogP contribution >= 0.6 is 0 Å². The molecular formula is C14H21N5. The molecule has 19 heavy (non-hydrogen) atoms. The average Bonchev–Trinajstić information content (AvgIpc) is 2.88. The van der Waals surface area contributed by atoms with E-state index in [4.69, 9.17) is 0 Å². The second-order valence-electron chi connectivity index (χ2n) is 4.62. The Bertz CT molecular complexity index is 474. The topological polar surface area (TPSA) is 46.8 Å². The molecule has 0 saturated heterocycles. The predicted molar refractivity (Wildman–Crippen MR) is 75.0 cm³/mol. The molecule has 0 saturated carbocycles. The Labute approximate surface area is 114 Å². The molecule has 102 valence electrons. The lowest BCUT2D eigenvalue weighted by Crippen LogP contribution is -2.26. The van der Waals surface area contributed by atoms with Crippen LogP contribution in [0.3, 0.4) is 0 Å². The first-order valence-corrected chi connectivity index (χ1v) is 6.90. The maximum Gasteiger partial charge on any atom is 0.170 e. The van der Waals surface area contributed by atoms with Gasteiger partial charge in [-0.1, -0.05) is 32.0 Å². The first-order valence-electron chi connectivity index (χ1n) is 6.90. The number of nitrogens with zero attached hydrogens (tertiary/aromatic N) is 5. The zero-order valence-electron chi connectivity index (χ0n) is 11.7. The van der Waals surface area contributed by atoms with Gasteiger partial charge in [0.25, 0.3) is 0 Å². The molecule has 5 heteroatoms. The third-order valence-electron chi connectivity index (χ3n) is 2.98. The lowest BCUT2D eigenvalue weighted by atomic mass is 10.3. The van der Waals surface area contributed by atoms with Gasteiger partial charge >= 0.3 is 0 Å². The van der Waals surface area contributed by atoms with Crippen molar-refractivity contribution in [1.82, 2.24) is 25.1 Å². The third-order valence-corrected chi connectivity index (χ3v) is 2.98. The minimum Gasteiger partial charge on any atom is -0.296 e. The van der Waals surface area contributed by atoms with E-state index in [0.717, 1.165) is 44.0 Å².